The van der Waals surface area contributed by atoms with Gasteiger partial charge in [-0.2, -0.15) is 0 Å². The molecule has 0 bridgehead atoms. The standard InChI is InChI=1S/C26H41N3O9/c1-14(2)20-18(24(29-28-20)38-25-23(35)22(34)21(33)19(11-30)37-25)10-16-5-6-17(9-15(16)3)36-8-7-27-26(4,12-31)13-32/h5-6,9,14,19,21-23,25,27,30-35H,7-8,10-13H2,1-4H3,(H,28,29)/t19-,21-,22+,23-,25+/m1/s1. The maximum Gasteiger partial charge on any atom is 0.238 e. The third kappa shape index (κ3) is 7.01. The number of aromatic amines is 1. The monoisotopic (exact) mass is 539 g/mol. The molecule has 38 heavy (non-hydrogen) atoms. The molecule has 12 nitrogen and oxygen atoms in total. The van der Waals surface area contributed by atoms with Gasteiger partial charge in [-0.05, 0) is 43.0 Å². The van der Waals surface area contributed by atoms with E-state index < -0.39 is 42.9 Å². The van der Waals surface area contributed by atoms with Gasteiger partial charge in [-0.1, -0.05) is 19.9 Å². The first-order chi connectivity index (χ1) is 18.0. The number of aryl methyl sites for hydroxylation is 1. The third-order valence-corrected chi connectivity index (χ3v) is 6.82. The van der Waals surface area contributed by atoms with Crippen molar-refractivity contribution < 1.29 is 44.8 Å². The summed E-state index contributed by atoms with van der Waals surface area (Å²) in [6, 6.07) is 5.71. The highest BCUT2D eigenvalue weighted by atomic mass is 16.7. The van der Waals surface area contributed by atoms with E-state index in [1.807, 2.05) is 39.0 Å². The van der Waals surface area contributed by atoms with Gasteiger partial charge >= 0.3 is 0 Å². The molecule has 1 aromatic carbocycles. The Labute approximate surface area is 222 Å². The number of rotatable bonds is 13. The molecule has 1 saturated heterocycles. The van der Waals surface area contributed by atoms with Crippen LogP contribution < -0.4 is 14.8 Å². The van der Waals surface area contributed by atoms with Crippen molar-refractivity contribution >= 4 is 0 Å². The highest BCUT2D eigenvalue weighted by Gasteiger charge is 2.45. The highest BCUT2D eigenvalue weighted by Crippen LogP contribution is 2.32. The van der Waals surface area contributed by atoms with Gasteiger partial charge in [-0.3, -0.25) is 5.10 Å². The van der Waals surface area contributed by atoms with Crippen LogP contribution in [0.2, 0.25) is 0 Å². The fraction of sp³-hybridized carbons (Fsp3) is 0.654. The summed E-state index contributed by atoms with van der Waals surface area (Å²) in [4.78, 5) is 0. The number of nitrogens with zero attached hydrogens (tertiary/aromatic N) is 1. The maximum atomic E-state index is 10.4. The van der Waals surface area contributed by atoms with Crippen molar-refractivity contribution in [2.24, 2.45) is 0 Å². The van der Waals surface area contributed by atoms with Crippen molar-refractivity contribution in [3.8, 4) is 11.6 Å². The smallest absolute Gasteiger partial charge is 0.238 e. The van der Waals surface area contributed by atoms with E-state index in [0.717, 1.165) is 22.4 Å². The fourth-order valence-corrected chi connectivity index (χ4v) is 4.21. The van der Waals surface area contributed by atoms with E-state index in [1.54, 1.807) is 6.92 Å². The molecule has 8 N–H and O–H groups in total. The second-order valence-corrected chi connectivity index (χ2v) is 10.3. The number of benzene rings is 1. The summed E-state index contributed by atoms with van der Waals surface area (Å²) in [5, 5.41) is 69.1. The van der Waals surface area contributed by atoms with Gasteiger partial charge in [0.15, 0.2) is 0 Å². The van der Waals surface area contributed by atoms with E-state index >= 15 is 0 Å². The predicted octanol–water partition coefficient (Wildman–Crippen LogP) is -0.677. The molecule has 1 fully saturated rings. The lowest BCUT2D eigenvalue weighted by atomic mass is 9.96. The summed E-state index contributed by atoms with van der Waals surface area (Å²) in [6.07, 6.45) is -6.54. The second kappa shape index (κ2) is 13.2. The molecule has 2 heterocycles. The Bertz CT molecular complexity index is 1030. The Morgan fingerprint density at radius 1 is 1.11 bits per heavy atom. The van der Waals surface area contributed by atoms with Crippen LogP contribution in [-0.2, 0) is 11.2 Å². The third-order valence-electron chi connectivity index (χ3n) is 6.82. The quantitative estimate of drug-likeness (QED) is 0.151. The van der Waals surface area contributed by atoms with Gasteiger partial charge in [0.1, 0.15) is 36.8 Å². The number of aliphatic hydroxyl groups is 6. The molecular weight excluding hydrogens is 498 g/mol. The van der Waals surface area contributed by atoms with Crippen LogP contribution in [0.1, 0.15) is 49.1 Å². The van der Waals surface area contributed by atoms with Crippen molar-refractivity contribution in [3.05, 3.63) is 40.6 Å². The Hall–Kier alpha value is -2.29. The van der Waals surface area contributed by atoms with E-state index in [-0.39, 0.29) is 25.0 Å². The van der Waals surface area contributed by atoms with E-state index in [2.05, 4.69) is 15.5 Å². The SMILES string of the molecule is Cc1cc(OCCNC(C)(CO)CO)ccc1Cc1c(O[C@@H]2O[C@H](CO)[C@@H](O)[C@H](O)[C@H]2O)n[nH]c1C(C)C. The van der Waals surface area contributed by atoms with Crippen LogP contribution in [0.25, 0.3) is 0 Å². The van der Waals surface area contributed by atoms with Crippen molar-refractivity contribution in [1.29, 1.82) is 0 Å². The lowest BCUT2D eigenvalue weighted by Gasteiger charge is -2.39. The molecule has 2 aromatic rings. The van der Waals surface area contributed by atoms with Crippen LogP contribution >= 0.6 is 0 Å². The van der Waals surface area contributed by atoms with Crippen molar-refractivity contribution in [3.63, 3.8) is 0 Å². The summed E-state index contributed by atoms with van der Waals surface area (Å²) < 4.78 is 17.2. The highest BCUT2D eigenvalue weighted by molar-refractivity contribution is 5.42. The largest absolute Gasteiger partial charge is 0.492 e. The number of hydrogen-bond acceptors (Lipinski definition) is 11. The maximum absolute atomic E-state index is 10.4. The molecular formula is C26H41N3O9. The zero-order valence-corrected chi connectivity index (χ0v) is 22.3. The molecule has 0 saturated carbocycles. The van der Waals surface area contributed by atoms with Gasteiger partial charge in [-0.25, -0.2) is 0 Å². The van der Waals surface area contributed by atoms with E-state index in [9.17, 15) is 30.6 Å². The number of hydrogen-bond donors (Lipinski definition) is 8. The first-order valence-corrected chi connectivity index (χ1v) is 12.8. The Balaban J connectivity index is 1.72. The van der Waals surface area contributed by atoms with Gasteiger partial charge in [0.05, 0.1) is 25.4 Å². The van der Waals surface area contributed by atoms with Crippen LogP contribution in [0.3, 0.4) is 0 Å². The Morgan fingerprint density at radius 2 is 1.82 bits per heavy atom. The summed E-state index contributed by atoms with van der Waals surface area (Å²) in [5.41, 5.74) is 2.79. The lowest BCUT2D eigenvalue weighted by molar-refractivity contribution is -0.278. The van der Waals surface area contributed by atoms with Gasteiger partial charge in [0.25, 0.3) is 0 Å². The number of aliphatic hydroxyl groups excluding tert-OH is 6. The number of H-pyrrole nitrogens is 1. The van der Waals surface area contributed by atoms with Gasteiger partial charge in [0.2, 0.25) is 12.2 Å². The molecule has 1 aromatic heterocycles. The first kappa shape index (κ1) is 30.3. The average molecular weight is 540 g/mol. The molecule has 0 radical (unpaired) electrons. The molecule has 0 amide bonds. The zero-order chi connectivity index (χ0) is 28.0. The zero-order valence-electron chi connectivity index (χ0n) is 22.3. The van der Waals surface area contributed by atoms with Crippen molar-refractivity contribution in [2.45, 2.75) is 76.3 Å². The van der Waals surface area contributed by atoms with Crippen LogP contribution in [0.4, 0.5) is 0 Å². The van der Waals surface area contributed by atoms with E-state index in [1.165, 1.54) is 0 Å². The normalized spacial score (nSPS) is 24.1. The predicted molar refractivity (Wildman–Crippen MR) is 137 cm³/mol. The molecule has 5 atom stereocenters. The van der Waals surface area contributed by atoms with Gasteiger partial charge in [0, 0.05) is 24.2 Å². The summed E-state index contributed by atoms with van der Waals surface area (Å²) >= 11 is 0. The van der Waals surface area contributed by atoms with Crippen molar-refractivity contribution in [2.75, 3.05) is 33.0 Å². The van der Waals surface area contributed by atoms with Crippen LogP contribution in [-0.4, -0.2) is 110 Å². The van der Waals surface area contributed by atoms with Crippen molar-refractivity contribution in [1.82, 2.24) is 15.5 Å². The molecule has 12 heteroatoms. The summed E-state index contributed by atoms with van der Waals surface area (Å²) in [7, 11) is 0. The lowest BCUT2D eigenvalue weighted by Crippen LogP contribution is -2.60. The molecule has 1 aliphatic heterocycles. The number of ether oxygens (including phenoxy) is 3. The summed E-state index contributed by atoms with van der Waals surface area (Å²) in [6.45, 7) is 7.56. The minimum absolute atomic E-state index is 0.0867. The number of nitrogens with one attached hydrogen (secondary N) is 2. The molecule has 1 aliphatic rings. The minimum Gasteiger partial charge on any atom is -0.492 e. The van der Waals surface area contributed by atoms with Gasteiger partial charge in [-0.15, -0.1) is 5.10 Å². The first-order valence-electron chi connectivity index (χ1n) is 12.8. The van der Waals surface area contributed by atoms with Crippen LogP contribution in [0, 0.1) is 6.92 Å². The molecule has 0 unspecified atom stereocenters. The van der Waals surface area contributed by atoms with Crippen LogP contribution in [0.15, 0.2) is 18.2 Å². The minimum atomic E-state index is -1.55. The topological polar surface area (TPSA) is 190 Å². The fourth-order valence-electron chi connectivity index (χ4n) is 4.21. The molecule has 3 rings (SSSR count). The summed E-state index contributed by atoms with van der Waals surface area (Å²) in [5.74, 6) is 0.958. The molecule has 0 spiro atoms. The van der Waals surface area contributed by atoms with E-state index in [0.29, 0.717) is 25.3 Å². The Kier molecular flexibility index (Phi) is 10.5. The average Bonchev–Trinajstić information content (AvgIpc) is 3.30. The second-order valence-electron chi connectivity index (χ2n) is 10.3. The number of aromatic nitrogens is 2. The van der Waals surface area contributed by atoms with E-state index in [4.69, 9.17) is 14.2 Å². The van der Waals surface area contributed by atoms with Crippen LogP contribution in [0.5, 0.6) is 11.6 Å². The molecule has 0 aliphatic carbocycles. The Morgan fingerprint density at radius 3 is 2.42 bits per heavy atom. The molecule has 214 valence electrons. The van der Waals surface area contributed by atoms with Gasteiger partial charge < -0.3 is 50.2 Å².